The Bertz CT molecular complexity index is 213. The van der Waals surface area contributed by atoms with E-state index in [-0.39, 0.29) is 24.5 Å². The summed E-state index contributed by atoms with van der Waals surface area (Å²) in [6.45, 7) is 1.78. The van der Waals surface area contributed by atoms with Crippen LogP contribution in [0.5, 0.6) is 0 Å². The van der Waals surface area contributed by atoms with Crippen LogP contribution in [0.2, 0.25) is 0 Å². The van der Waals surface area contributed by atoms with Gasteiger partial charge in [0.25, 0.3) is 0 Å². The second-order valence-electron chi connectivity index (χ2n) is 2.77. The Morgan fingerprint density at radius 2 is 1.77 bits per heavy atom. The Hall–Kier alpha value is -1.39. The molecule has 5 heteroatoms. The lowest BCUT2D eigenvalue weighted by atomic mass is 10.2. The molecular weight excluding hydrogens is 172 g/mol. The van der Waals surface area contributed by atoms with Crippen LogP contribution in [0.25, 0.3) is 0 Å². The molecule has 0 aromatic carbocycles. The number of carbonyl (C=O) groups excluding carboxylic acids is 3. The number of Topliss-reactive ketones (excluding diaryl/α,β-unsaturated/α-hetero) is 1. The highest BCUT2D eigenvalue weighted by atomic mass is 16.2. The van der Waals surface area contributed by atoms with Crippen LogP contribution in [-0.2, 0) is 14.4 Å². The fourth-order valence-electron chi connectivity index (χ4n) is 0.703. The molecule has 0 aliphatic rings. The summed E-state index contributed by atoms with van der Waals surface area (Å²) in [5, 5.41) is 2.50. The number of nitrogens with two attached hydrogens (primary N) is 1. The summed E-state index contributed by atoms with van der Waals surface area (Å²) in [5.74, 6) is -0.725. The van der Waals surface area contributed by atoms with Crippen molar-refractivity contribution in [1.29, 1.82) is 0 Å². The average molecular weight is 186 g/mol. The van der Waals surface area contributed by atoms with Crippen LogP contribution < -0.4 is 11.1 Å². The lowest BCUT2D eigenvalue weighted by Crippen LogP contribution is -2.26. The van der Waals surface area contributed by atoms with Gasteiger partial charge in [0.05, 0.1) is 0 Å². The van der Waals surface area contributed by atoms with Crippen molar-refractivity contribution in [3.8, 4) is 0 Å². The largest absolute Gasteiger partial charge is 0.370 e. The molecule has 2 amide bonds. The van der Waals surface area contributed by atoms with Crippen molar-refractivity contribution in [1.82, 2.24) is 5.32 Å². The highest BCUT2D eigenvalue weighted by molar-refractivity contribution is 5.83. The third-order valence-electron chi connectivity index (χ3n) is 1.40. The van der Waals surface area contributed by atoms with Crippen molar-refractivity contribution < 1.29 is 14.4 Å². The van der Waals surface area contributed by atoms with E-state index in [2.05, 4.69) is 5.32 Å². The van der Waals surface area contributed by atoms with Gasteiger partial charge in [-0.15, -0.1) is 0 Å². The first-order chi connectivity index (χ1) is 6.02. The number of rotatable bonds is 6. The molecule has 0 saturated heterocycles. The van der Waals surface area contributed by atoms with E-state index in [1.165, 1.54) is 6.92 Å². The molecule has 0 spiro atoms. The highest BCUT2D eigenvalue weighted by Gasteiger charge is 2.03. The molecule has 0 heterocycles. The van der Waals surface area contributed by atoms with Crippen molar-refractivity contribution in [2.45, 2.75) is 26.2 Å². The fourth-order valence-corrected chi connectivity index (χ4v) is 0.703. The number of carbonyl (C=O) groups is 3. The summed E-state index contributed by atoms with van der Waals surface area (Å²) in [7, 11) is 0. The quantitative estimate of drug-likeness (QED) is 0.577. The maximum absolute atomic E-state index is 10.9. The predicted octanol–water partition coefficient (Wildman–Crippen LogP) is -0.653. The Labute approximate surface area is 76.7 Å². The molecule has 0 aliphatic carbocycles. The zero-order valence-electron chi connectivity index (χ0n) is 7.63. The Kier molecular flexibility index (Phi) is 5.50. The first-order valence-corrected chi connectivity index (χ1v) is 4.07. The average Bonchev–Trinajstić information content (AvgIpc) is 2.00. The third-order valence-corrected chi connectivity index (χ3v) is 1.40. The zero-order valence-corrected chi connectivity index (χ0v) is 7.63. The van der Waals surface area contributed by atoms with Crippen molar-refractivity contribution in [2.24, 2.45) is 5.73 Å². The summed E-state index contributed by atoms with van der Waals surface area (Å²) in [5.41, 5.74) is 4.84. The number of primary amides is 1. The topological polar surface area (TPSA) is 89.3 Å². The molecule has 3 N–H and O–H groups in total. The summed E-state index contributed by atoms with van der Waals surface area (Å²) < 4.78 is 0. The maximum Gasteiger partial charge on any atom is 0.220 e. The summed E-state index contributed by atoms with van der Waals surface area (Å²) in [6, 6.07) is 0. The van der Waals surface area contributed by atoms with Crippen molar-refractivity contribution in [3.05, 3.63) is 0 Å². The first kappa shape index (κ1) is 11.6. The van der Waals surface area contributed by atoms with Crippen molar-refractivity contribution in [2.75, 3.05) is 6.54 Å². The number of ketones is 1. The summed E-state index contributed by atoms with van der Waals surface area (Å²) in [6.07, 6.45) is 0.460. The minimum Gasteiger partial charge on any atom is -0.370 e. The number of hydrogen-bond acceptors (Lipinski definition) is 3. The normalized spacial score (nSPS) is 9.31. The molecule has 74 valence electrons. The molecule has 0 bridgehead atoms. The Balaban J connectivity index is 3.41. The minimum atomic E-state index is -0.498. The SMILES string of the molecule is CC(=O)CCNC(=O)CCC(N)=O. The van der Waals surface area contributed by atoms with Crippen LogP contribution in [0.15, 0.2) is 0 Å². The van der Waals surface area contributed by atoms with E-state index in [4.69, 9.17) is 5.73 Å². The maximum atomic E-state index is 10.9. The van der Waals surface area contributed by atoms with Gasteiger partial charge >= 0.3 is 0 Å². The molecule has 0 saturated carbocycles. The van der Waals surface area contributed by atoms with E-state index in [1.54, 1.807) is 0 Å². The van der Waals surface area contributed by atoms with Gasteiger partial charge < -0.3 is 11.1 Å². The molecule has 0 aliphatic heterocycles. The molecule has 0 fully saturated rings. The molecule has 0 unspecified atom stereocenters. The minimum absolute atomic E-state index is 0.0233. The molecule has 0 aromatic rings. The van der Waals surface area contributed by atoms with E-state index in [1.807, 2.05) is 0 Å². The molecule has 13 heavy (non-hydrogen) atoms. The van der Waals surface area contributed by atoms with Gasteiger partial charge in [0.1, 0.15) is 5.78 Å². The molecular formula is C8H14N2O3. The smallest absolute Gasteiger partial charge is 0.220 e. The van der Waals surface area contributed by atoms with Crippen LogP contribution in [-0.4, -0.2) is 24.1 Å². The van der Waals surface area contributed by atoms with Gasteiger partial charge in [-0.1, -0.05) is 0 Å². The second-order valence-corrected chi connectivity index (χ2v) is 2.77. The number of nitrogens with one attached hydrogen (secondary N) is 1. The van der Waals surface area contributed by atoms with Crippen LogP contribution in [0.4, 0.5) is 0 Å². The monoisotopic (exact) mass is 186 g/mol. The Morgan fingerprint density at radius 3 is 2.23 bits per heavy atom. The van der Waals surface area contributed by atoms with E-state index < -0.39 is 5.91 Å². The fraction of sp³-hybridized carbons (Fsp3) is 0.625. The van der Waals surface area contributed by atoms with E-state index in [0.29, 0.717) is 13.0 Å². The van der Waals surface area contributed by atoms with Crippen molar-refractivity contribution >= 4 is 17.6 Å². The molecule has 0 aromatic heterocycles. The van der Waals surface area contributed by atoms with Gasteiger partial charge in [0.2, 0.25) is 11.8 Å². The van der Waals surface area contributed by atoms with Crippen LogP contribution >= 0.6 is 0 Å². The summed E-state index contributed by atoms with van der Waals surface area (Å²) >= 11 is 0. The first-order valence-electron chi connectivity index (χ1n) is 4.07. The van der Waals surface area contributed by atoms with E-state index in [0.717, 1.165) is 0 Å². The number of amides is 2. The van der Waals surface area contributed by atoms with Crippen LogP contribution in [0.1, 0.15) is 26.2 Å². The number of hydrogen-bond donors (Lipinski definition) is 2. The lowest BCUT2D eigenvalue weighted by Gasteiger charge is -2.01. The van der Waals surface area contributed by atoms with Gasteiger partial charge in [0, 0.05) is 25.8 Å². The Morgan fingerprint density at radius 1 is 1.15 bits per heavy atom. The molecule has 0 atom stereocenters. The van der Waals surface area contributed by atoms with Gasteiger partial charge in [-0.2, -0.15) is 0 Å². The van der Waals surface area contributed by atoms with E-state index >= 15 is 0 Å². The van der Waals surface area contributed by atoms with Gasteiger partial charge in [-0.25, -0.2) is 0 Å². The highest BCUT2D eigenvalue weighted by Crippen LogP contribution is 1.87. The van der Waals surface area contributed by atoms with Crippen LogP contribution in [0.3, 0.4) is 0 Å². The van der Waals surface area contributed by atoms with E-state index in [9.17, 15) is 14.4 Å². The summed E-state index contributed by atoms with van der Waals surface area (Å²) in [4.78, 5) is 31.6. The molecule has 0 radical (unpaired) electrons. The third kappa shape index (κ3) is 8.52. The lowest BCUT2D eigenvalue weighted by molar-refractivity contribution is -0.125. The van der Waals surface area contributed by atoms with Gasteiger partial charge in [-0.3, -0.25) is 14.4 Å². The van der Waals surface area contributed by atoms with Gasteiger partial charge in [0.15, 0.2) is 0 Å². The zero-order chi connectivity index (χ0) is 10.3. The second kappa shape index (κ2) is 6.16. The van der Waals surface area contributed by atoms with Gasteiger partial charge in [-0.05, 0) is 6.92 Å². The van der Waals surface area contributed by atoms with Crippen molar-refractivity contribution in [3.63, 3.8) is 0 Å². The molecule has 5 nitrogen and oxygen atoms in total. The molecule has 0 rings (SSSR count). The van der Waals surface area contributed by atoms with Crippen LogP contribution in [0, 0.1) is 0 Å². The predicted molar refractivity (Wildman–Crippen MR) is 46.7 cm³/mol. The standard InChI is InChI=1S/C8H14N2O3/c1-6(11)4-5-10-8(13)3-2-7(9)12/h2-5H2,1H3,(H2,9,12)(H,10,13).